The van der Waals surface area contributed by atoms with Gasteiger partial charge in [-0.05, 0) is 38.2 Å². The van der Waals surface area contributed by atoms with Crippen molar-refractivity contribution in [3.63, 3.8) is 0 Å². The number of carbonyl (C=O) groups excluding carboxylic acids is 2. The first-order chi connectivity index (χ1) is 12.1. The SMILES string of the molecule is Cc1oc(CCCc2ccccc2)nc1C(=O)N1CCCC1C(N)=O. The van der Waals surface area contributed by atoms with Crippen LogP contribution in [0.2, 0.25) is 0 Å². The number of benzene rings is 1. The number of rotatable bonds is 6. The van der Waals surface area contributed by atoms with Crippen LogP contribution < -0.4 is 5.73 Å². The number of nitrogens with two attached hydrogens (primary N) is 1. The Morgan fingerprint density at radius 2 is 2.04 bits per heavy atom. The van der Waals surface area contributed by atoms with Gasteiger partial charge in [0.15, 0.2) is 11.6 Å². The highest BCUT2D eigenvalue weighted by Gasteiger charge is 2.35. The van der Waals surface area contributed by atoms with Crippen LogP contribution in [0.5, 0.6) is 0 Å². The van der Waals surface area contributed by atoms with Gasteiger partial charge in [-0.1, -0.05) is 30.3 Å². The molecule has 3 rings (SSSR count). The summed E-state index contributed by atoms with van der Waals surface area (Å²) in [5, 5.41) is 0. The summed E-state index contributed by atoms with van der Waals surface area (Å²) in [5.41, 5.74) is 6.95. The van der Waals surface area contributed by atoms with E-state index in [9.17, 15) is 9.59 Å². The summed E-state index contributed by atoms with van der Waals surface area (Å²) in [7, 11) is 0. The summed E-state index contributed by atoms with van der Waals surface area (Å²) < 4.78 is 5.65. The smallest absolute Gasteiger partial charge is 0.276 e. The van der Waals surface area contributed by atoms with E-state index in [1.807, 2.05) is 18.2 Å². The van der Waals surface area contributed by atoms with E-state index in [4.69, 9.17) is 10.2 Å². The summed E-state index contributed by atoms with van der Waals surface area (Å²) in [6, 6.07) is 9.68. The van der Waals surface area contributed by atoms with Crippen LogP contribution in [0, 0.1) is 6.92 Å². The normalized spacial score (nSPS) is 17.0. The fourth-order valence-electron chi connectivity index (χ4n) is 3.29. The molecule has 132 valence electrons. The Morgan fingerprint density at radius 1 is 1.28 bits per heavy atom. The van der Waals surface area contributed by atoms with Gasteiger partial charge >= 0.3 is 0 Å². The predicted molar refractivity (Wildman–Crippen MR) is 93.0 cm³/mol. The quantitative estimate of drug-likeness (QED) is 0.872. The summed E-state index contributed by atoms with van der Waals surface area (Å²) in [6.07, 6.45) is 3.89. The van der Waals surface area contributed by atoms with Gasteiger partial charge in [0.2, 0.25) is 5.91 Å². The highest BCUT2D eigenvalue weighted by atomic mass is 16.4. The van der Waals surface area contributed by atoms with Crippen molar-refractivity contribution < 1.29 is 14.0 Å². The summed E-state index contributed by atoms with van der Waals surface area (Å²) in [4.78, 5) is 30.1. The standard InChI is InChI=1S/C19H23N3O3/c1-13-17(19(24)22-12-6-10-15(22)18(20)23)21-16(25-13)11-5-9-14-7-3-2-4-8-14/h2-4,7-8,15H,5-6,9-12H2,1H3,(H2,20,23). The zero-order chi connectivity index (χ0) is 17.8. The average Bonchev–Trinajstić information content (AvgIpc) is 3.22. The Balaban J connectivity index is 1.63. The van der Waals surface area contributed by atoms with Crippen molar-refractivity contribution >= 4 is 11.8 Å². The Hall–Kier alpha value is -2.63. The third-order valence-corrected chi connectivity index (χ3v) is 4.58. The lowest BCUT2D eigenvalue weighted by Gasteiger charge is -2.21. The highest BCUT2D eigenvalue weighted by Crippen LogP contribution is 2.22. The van der Waals surface area contributed by atoms with Crippen molar-refractivity contribution in [2.75, 3.05) is 6.54 Å². The van der Waals surface area contributed by atoms with Gasteiger partial charge in [-0.15, -0.1) is 0 Å². The van der Waals surface area contributed by atoms with Crippen LogP contribution in [0.3, 0.4) is 0 Å². The zero-order valence-electron chi connectivity index (χ0n) is 14.4. The molecule has 1 aromatic carbocycles. The maximum Gasteiger partial charge on any atom is 0.276 e. The second-order valence-electron chi connectivity index (χ2n) is 6.41. The van der Waals surface area contributed by atoms with E-state index >= 15 is 0 Å². The molecule has 1 saturated heterocycles. The molecule has 6 nitrogen and oxygen atoms in total. The maximum absolute atomic E-state index is 12.7. The number of hydrogen-bond donors (Lipinski definition) is 1. The molecule has 0 radical (unpaired) electrons. The van der Waals surface area contributed by atoms with Gasteiger partial charge in [-0.25, -0.2) is 4.98 Å². The maximum atomic E-state index is 12.7. The van der Waals surface area contributed by atoms with Gasteiger partial charge < -0.3 is 15.1 Å². The van der Waals surface area contributed by atoms with Gasteiger partial charge in [0.1, 0.15) is 11.8 Å². The molecule has 0 bridgehead atoms. The molecular formula is C19H23N3O3. The van der Waals surface area contributed by atoms with E-state index in [-0.39, 0.29) is 5.91 Å². The number of aromatic nitrogens is 1. The first-order valence-electron chi connectivity index (χ1n) is 8.67. The second-order valence-corrected chi connectivity index (χ2v) is 6.41. The van der Waals surface area contributed by atoms with E-state index in [0.29, 0.717) is 36.7 Å². The van der Waals surface area contributed by atoms with Crippen LogP contribution in [-0.2, 0) is 17.6 Å². The summed E-state index contributed by atoms with van der Waals surface area (Å²) in [6.45, 7) is 2.26. The zero-order valence-corrected chi connectivity index (χ0v) is 14.4. The third-order valence-electron chi connectivity index (χ3n) is 4.58. The van der Waals surface area contributed by atoms with E-state index in [2.05, 4.69) is 17.1 Å². The molecule has 1 atom stereocenters. The second kappa shape index (κ2) is 7.51. The number of likely N-dealkylation sites (tertiary alicyclic amines) is 1. The van der Waals surface area contributed by atoms with Crippen molar-refractivity contribution in [3.8, 4) is 0 Å². The minimum absolute atomic E-state index is 0.267. The van der Waals surface area contributed by atoms with Gasteiger partial charge in [0.05, 0.1) is 0 Å². The first-order valence-corrected chi connectivity index (χ1v) is 8.67. The van der Waals surface area contributed by atoms with E-state index in [1.165, 1.54) is 10.5 Å². The van der Waals surface area contributed by atoms with Gasteiger partial charge in [-0.3, -0.25) is 9.59 Å². The van der Waals surface area contributed by atoms with Crippen LogP contribution in [0.15, 0.2) is 34.7 Å². The van der Waals surface area contributed by atoms with Crippen LogP contribution in [0.4, 0.5) is 0 Å². The van der Waals surface area contributed by atoms with Crippen molar-refractivity contribution in [3.05, 3.63) is 53.2 Å². The molecule has 2 N–H and O–H groups in total. The minimum Gasteiger partial charge on any atom is -0.445 e. The molecule has 1 aliphatic heterocycles. The van der Waals surface area contributed by atoms with E-state index in [1.54, 1.807) is 6.92 Å². The van der Waals surface area contributed by atoms with Crippen LogP contribution in [0.1, 0.15) is 47.0 Å². The molecule has 6 heteroatoms. The molecule has 1 unspecified atom stereocenters. The number of carbonyl (C=O) groups is 2. The average molecular weight is 341 g/mol. The van der Waals surface area contributed by atoms with Crippen molar-refractivity contribution in [2.24, 2.45) is 5.73 Å². The lowest BCUT2D eigenvalue weighted by molar-refractivity contribution is -0.121. The number of oxazole rings is 1. The molecule has 25 heavy (non-hydrogen) atoms. The molecule has 0 saturated carbocycles. The lowest BCUT2D eigenvalue weighted by atomic mass is 10.1. The van der Waals surface area contributed by atoms with Crippen LogP contribution in [-0.4, -0.2) is 34.3 Å². The molecule has 2 aromatic rings. The molecule has 0 aliphatic carbocycles. The van der Waals surface area contributed by atoms with Gasteiger partial charge in [0.25, 0.3) is 5.91 Å². The fourth-order valence-corrected chi connectivity index (χ4v) is 3.29. The van der Waals surface area contributed by atoms with Crippen LogP contribution >= 0.6 is 0 Å². The number of amides is 2. The largest absolute Gasteiger partial charge is 0.445 e. The van der Waals surface area contributed by atoms with Crippen molar-refractivity contribution in [1.82, 2.24) is 9.88 Å². The molecule has 1 fully saturated rings. The lowest BCUT2D eigenvalue weighted by Crippen LogP contribution is -2.44. The minimum atomic E-state index is -0.537. The topological polar surface area (TPSA) is 89.4 Å². The van der Waals surface area contributed by atoms with Crippen LogP contribution in [0.25, 0.3) is 0 Å². The summed E-state index contributed by atoms with van der Waals surface area (Å²) >= 11 is 0. The summed E-state index contributed by atoms with van der Waals surface area (Å²) in [5.74, 6) is 0.327. The molecular weight excluding hydrogens is 318 g/mol. The first kappa shape index (κ1) is 17.2. The van der Waals surface area contributed by atoms with Crippen molar-refractivity contribution in [1.29, 1.82) is 0 Å². The Kier molecular flexibility index (Phi) is 5.16. The molecule has 1 aromatic heterocycles. The molecule has 2 heterocycles. The Labute approximate surface area is 147 Å². The molecule has 1 aliphatic rings. The van der Waals surface area contributed by atoms with E-state index < -0.39 is 11.9 Å². The van der Waals surface area contributed by atoms with Gasteiger partial charge in [-0.2, -0.15) is 0 Å². The predicted octanol–water partition coefficient (Wildman–Crippen LogP) is 2.25. The Morgan fingerprint density at radius 3 is 2.76 bits per heavy atom. The number of aryl methyl sites for hydroxylation is 3. The monoisotopic (exact) mass is 341 g/mol. The third kappa shape index (κ3) is 3.90. The Bertz CT molecular complexity index is 755. The molecule has 0 spiro atoms. The van der Waals surface area contributed by atoms with Crippen molar-refractivity contribution in [2.45, 2.75) is 45.1 Å². The number of primary amides is 1. The van der Waals surface area contributed by atoms with Gasteiger partial charge in [0, 0.05) is 13.0 Å². The highest BCUT2D eigenvalue weighted by molar-refractivity contribution is 5.96. The number of nitrogens with zero attached hydrogens (tertiary/aromatic N) is 2. The molecule has 2 amide bonds. The fraction of sp³-hybridized carbons (Fsp3) is 0.421. The number of hydrogen-bond acceptors (Lipinski definition) is 4. The van der Waals surface area contributed by atoms with E-state index in [0.717, 1.165) is 19.3 Å².